The van der Waals surface area contributed by atoms with Crippen molar-refractivity contribution in [1.29, 1.82) is 0 Å². The third-order valence-corrected chi connectivity index (χ3v) is 6.10. The Morgan fingerprint density at radius 1 is 1.15 bits per heavy atom. The fraction of sp³-hybridized carbons (Fsp3) is 0.316. The molecule has 1 fully saturated rings. The quantitative estimate of drug-likeness (QED) is 0.873. The highest BCUT2D eigenvalue weighted by Gasteiger charge is 2.31. The van der Waals surface area contributed by atoms with Crippen LogP contribution in [0.2, 0.25) is 0 Å². The van der Waals surface area contributed by atoms with Crippen LogP contribution in [0.1, 0.15) is 17.5 Å². The lowest BCUT2D eigenvalue weighted by atomic mass is 10.1. The van der Waals surface area contributed by atoms with Crippen molar-refractivity contribution in [2.24, 2.45) is 5.92 Å². The van der Waals surface area contributed by atoms with Gasteiger partial charge in [-0.05, 0) is 61.2 Å². The predicted molar refractivity (Wildman–Crippen MR) is 98.0 cm³/mol. The highest BCUT2D eigenvalue weighted by atomic mass is 32.2. The number of carbonyl (C=O) groups excluding carboxylic acids is 1. The zero-order valence-corrected chi connectivity index (χ0v) is 15.5. The number of aryl methyl sites for hydroxylation is 2. The van der Waals surface area contributed by atoms with E-state index >= 15 is 0 Å². The van der Waals surface area contributed by atoms with Gasteiger partial charge >= 0.3 is 0 Å². The molecular formula is C19H21FN2O3S. The second kappa shape index (κ2) is 7.17. The number of amides is 1. The minimum atomic E-state index is -3.64. The number of rotatable bonds is 5. The van der Waals surface area contributed by atoms with E-state index in [-0.39, 0.29) is 35.5 Å². The van der Waals surface area contributed by atoms with Gasteiger partial charge in [-0.2, -0.15) is 0 Å². The molecule has 2 aromatic rings. The van der Waals surface area contributed by atoms with Crippen molar-refractivity contribution >= 4 is 21.6 Å². The van der Waals surface area contributed by atoms with Crippen LogP contribution in [-0.2, 0) is 14.8 Å². The third-order valence-electron chi connectivity index (χ3n) is 4.54. The van der Waals surface area contributed by atoms with Gasteiger partial charge in [-0.25, -0.2) is 17.5 Å². The Morgan fingerprint density at radius 2 is 1.85 bits per heavy atom. The lowest BCUT2D eigenvalue weighted by molar-refractivity contribution is -0.117. The molecule has 0 spiro atoms. The Hall–Kier alpha value is -2.25. The molecular weight excluding hydrogens is 355 g/mol. The molecule has 1 aliphatic rings. The SMILES string of the molecule is Cc1ccc(C)c(S(=O)(=O)NCC2CC(=O)N(c3ccc(F)cc3)C2)c1. The maximum atomic E-state index is 13.0. The molecule has 7 heteroatoms. The maximum Gasteiger partial charge on any atom is 0.240 e. The molecule has 0 saturated carbocycles. The maximum absolute atomic E-state index is 13.0. The number of anilines is 1. The molecule has 1 heterocycles. The van der Waals surface area contributed by atoms with E-state index in [9.17, 15) is 17.6 Å². The van der Waals surface area contributed by atoms with Gasteiger partial charge in [0.1, 0.15) is 5.82 Å². The Kier molecular flexibility index (Phi) is 5.11. The molecule has 1 unspecified atom stereocenters. The molecule has 0 aliphatic carbocycles. The van der Waals surface area contributed by atoms with Crippen LogP contribution in [-0.4, -0.2) is 27.4 Å². The summed E-state index contributed by atoms with van der Waals surface area (Å²) in [6, 6.07) is 11.0. The Morgan fingerprint density at radius 3 is 2.54 bits per heavy atom. The number of hydrogen-bond donors (Lipinski definition) is 1. The summed E-state index contributed by atoms with van der Waals surface area (Å²) < 4.78 is 40.8. The van der Waals surface area contributed by atoms with E-state index in [2.05, 4.69) is 4.72 Å². The van der Waals surface area contributed by atoms with E-state index in [0.29, 0.717) is 17.8 Å². The van der Waals surface area contributed by atoms with E-state index in [0.717, 1.165) is 5.56 Å². The Balaban J connectivity index is 1.68. The Labute approximate surface area is 152 Å². The van der Waals surface area contributed by atoms with Gasteiger partial charge in [0.05, 0.1) is 4.90 Å². The van der Waals surface area contributed by atoms with Crippen LogP contribution in [0.25, 0.3) is 0 Å². The normalized spacial score (nSPS) is 17.7. The molecule has 5 nitrogen and oxygen atoms in total. The molecule has 1 atom stereocenters. The van der Waals surface area contributed by atoms with Gasteiger partial charge in [-0.3, -0.25) is 4.79 Å². The first-order valence-electron chi connectivity index (χ1n) is 8.39. The van der Waals surface area contributed by atoms with Crippen LogP contribution < -0.4 is 9.62 Å². The van der Waals surface area contributed by atoms with Gasteiger partial charge in [0.2, 0.25) is 15.9 Å². The number of nitrogens with zero attached hydrogens (tertiary/aromatic N) is 1. The zero-order valence-electron chi connectivity index (χ0n) is 14.7. The number of halogens is 1. The summed E-state index contributed by atoms with van der Waals surface area (Å²) >= 11 is 0. The smallest absolute Gasteiger partial charge is 0.240 e. The molecule has 3 rings (SSSR count). The summed E-state index contributed by atoms with van der Waals surface area (Å²) in [6.07, 6.45) is 0.257. The molecule has 138 valence electrons. The van der Waals surface area contributed by atoms with Gasteiger partial charge < -0.3 is 4.90 Å². The van der Waals surface area contributed by atoms with Gasteiger partial charge in [0, 0.05) is 25.2 Å². The first kappa shape index (κ1) is 18.5. The summed E-state index contributed by atoms with van der Waals surface area (Å²) in [5.41, 5.74) is 2.17. The molecule has 2 aromatic carbocycles. The van der Waals surface area contributed by atoms with E-state index in [1.807, 2.05) is 13.0 Å². The number of benzene rings is 2. The minimum absolute atomic E-state index is 0.0902. The molecule has 1 aliphatic heterocycles. The highest BCUT2D eigenvalue weighted by Crippen LogP contribution is 2.25. The van der Waals surface area contributed by atoms with Crippen LogP contribution >= 0.6 is 0 Å². The van der Waals surface area contributed by atoms with Crippen molar-refractivity contribution in [2.75, 3.05) is 18.0 Å². The van der Waals surface area contributed by atoms with Crippen LogP contribution in [0.3, 0.4) is 0 Å². The van der Waals surface area contributed by atoms with Crippen molar-refractivity contribution in [3.63, 3.8) is 0 Å². The average molecular weight is 376 g/mol. The van der Waals surface area contributed by atoms with Crippen molar-refractivity contribution in [2.45, 2.75) is 25.2 Å². The zero-order chi connectivity index (χ0) is 18.9. The van der Waals surface area contributed by atoms with Crippen molar-refractivity contribution in [3.8, 4) is 0 Å². The standard InChI is InChI=1S/C19H21FN2O3S/c1-13-3-4-14(2)18(9-13)26(24,25)21-11-15-10-19(23)22(12-15)17-7-5-16(20)6-8-17/h3-9,15,21H,10-12H2,1-2H3. The number of hydrogen-bond acceptors (Lipinski definition) is 3. The van der Waals surface area contributed by atoms with Gasteiger partial charge in [-0.1, -0.05) is 12.1 Å². The topological polar surface area (TPSA) is 66.5 Å². The van der Waals surface area contributed by atoms with Crippen LogP contribution in [0.5, 0.6) is 0 Å². The molecule has 26 heavy (non-hydrogen) atoms. The van der Waals surface area contributed by atoms with E-state index < -0.39 is 10.0 Å². The molecule has 0 bridgehead atoms. The molecule has 0 aromatic heterocycles. The first-order chi connectivity index (χ1) is 12.3. The predicted octanol–water partition coefficient (Wildman–Crippen LogP) is 2.77. The van der Waals surface area contributed by atoms with Gasteiger partial charge in [0.15, 0.2) is 0 Å². The third kappa shape index (κ3) is 3.94. The number of nitrogens with one attached hydrogen (secondary N) is 1. The second-order valence-electron chi connectivity index (χ2n) is 6.67. The molecule has 1 amide bonds. The van der Waals surface area contributed by atoms with E-state index in [4.69, 9.17) is 0 Å². The van der Waals surface area contributed by atoms with E-state index in [1.54, 1.807) is 36.1 Å². The second-order valence-corrected chi connectivity index (χ2v) is 8.41. The van der Waals surface area contributed by atoms with Crippen LogP contribution in [0.4, 0.5) is 10.1 Å². The monoisotopic (exact) mass is 376 g/mol. The molecule has 0 radical (unpaired) electrons. The molecule has 1 saturated heterocycles. The average Bonchev–Trinajstić information content (AvgIpc) is 2.97. The van der Waals surface area contributed by atoms with Gasteiger partial charge in [0.25, 0.3) is 0 Å². The van der Waals surface area contributed by atoms with Crippen molar-refractivity contribution in [3.05, 3.63) is 59.4 Å². The highest BCUT2D eigenvalue weighted by molar-refractivity contribution is 7.89. The summed E-state index contributed by atoms with van der Waals surface area (Å²) in [5.74, 6) is -0.585. The Bertz CT molecular complexity index is 926. The lowest BCUT2D eigenvalue weighted by Gasteiger charge is -2.17. The largest absolute Gasteiger partial charge is 0.312 e. The fourth-order valence-electron chi connectivity index (χ4n) is 3.09. The summed E-state index contributed by atoms with van der Waals surface area (Å²) in [5, 5.41) is 0. The molecule has 1 N–H and O–H groups in total. The summed E-state index contributed by atoms with van der Waals surface area (Å²) in [4.78, 5) is 14.0. The minimum Gasteiger partial charge on any atom is -0.312 e. The van der Waals surface area contributed by atoms with Gasteiger partial charge in [-0.15, -0.1) is 0 Å². The lowest BCUT2D eigenvalue weighted by Crippen LogP contribution is -2.31. The van der Waals surface area contributed by atoms with Crippen molar-refractivity contribution in [1.82, 2.24) is 4.72 Å². The number of sulfonamides is 1. The first-order valence-corrected chi connectivity index (χ1v) is 9.87. The van der Waals surface area contributed by atoms with Crippen LogP contribution in [0, 0.1) is 25.6 Å². The number of carbonyl (C=O) groups is 1. The summed E-state index contributed by atoms with van der Waals surface area (Å²) in [7, 11) is -3.64. The van der Waals surface area contributed by atoms with E-state index in [1.165, 1.54) is 12.1 Å². The fourth-order valence-corrected chi connectivity index (χ4v) is 4.53. The van der Waals surface area contributed by atoms with Crippen molar-refractivity contribution < 1.29 is 17.6 Å². The van der Waals surface area contributed by atoms with Crippen LogP contribution in [0.15, 0.2) is 47.4 Å². The summed E-state index contributed by atoms with van der Waals surface area (Å²) in [6.45, 7) is 4.18.